The first-order chi connectivity index (χ1) is 11.7. The highest BCUT2D eigenvalue weighted by Crippen LogP contribution is 2.39. The Labute approximate surface area is 156 Å². The molecule has 0 radical (unpaired) electrons. The maximum Gasteiger partial charge on any atom is 0.224 e. The highest BCUT2D eigenvalue weighted by molar-refractivity contribution is 5.95. The van der Waals surface area contributed by atoms with Gasteiger partial charge >= 0.3 is 0 Å². The topological polar surface area (TPSA) is 55.1 Å². The van der Waals surface area contributed by atoms with E-state index in [4.69, 9.17) is 5.73 Å². The number of para-hydroxylation sites is 1. The van der Waals surface area contributed by atoms with Crippen LogP contribution in [0.3, 0.4) is 0 Å². The molecule has 134 valence electrons. The molecule has 3 N–H and O–H groups in total. The summed E-state index contributed by atoms with van der Waals surface area (Å²) in [5.41, 5.74) is 9.05. The van der Waals surface area contributed by atoms with Crippen molar-refractivity contribution in [2.24, 2.45) is 11.1 Å². The zero-order valence-electron chi connectivity index (χ0n) is 14.5. The van der Waals surface area contributed by atoms with Crippen LogP contribution in [0.25, 0.3) is 11.1 Å². The van der Waals surface area contributed by atoms with Crippen LogP contribution >= 0.6 is 12.4 Å². The van der Waals surface area contributed by atoms with Crippen molar-refractivity contribution in [2.75, 3.05) is 11.9 Å². The van der Waals surface area contributed by atoms with E-state index in [2.05, 4.69) is 17.4 Å². The summed E-state index contributed by atoms with van der Waals surface area (Å²) in [5.74, 6) is 0.0748. The fraction of sp³-hybridized carbons (Fsp3) is 0.381. The minimum atomic E-state index is -0.00990. The van der Waals surface area contributed by atoms with Gasteiger partial charge in [-0.3, -0.25) is 4.79 Å². The van der Waals surface area contributed by atoms with Gasteiger partial charge in [0.1, 0.15) is 0 Å². The number of anilines is 1. The van der Waals surface area contributed by atoms with Gasteiger partial charge in [-0.05, 0) is 36.4 Å². The van der Waals surface area contributed by atoms with E-state index >= 15 is 0 Å². The molecule has 0 heterocycles. The SMILES string of the molecule is Cl.NCC1(CC(=O)Nc2ccccc2-c2ccccc2)CCCCC1. The van der Waals surface area contributed by atoms with E-state index in [0.717, 1.165) is 29.7 Å². The molecular formula is C21H27ClN2O. The summed E-state index contributed by atoms with van der Waals surface area (Å²) >= 11 is 0. The van der Waals surface area contributed by atoms with Gasteiger partial charge in [-0.25, -0.2) is 0 Å². The van der Waals surface area contributed by atoms with Gasteiger partial charge in [-0.1, -0.05) is 67.8 Å². The lowest BCUT2D eigenvalue weighted by Gasteiger charge is -2.35. The van der Waals surface area contributed by atoms with Crippen molar-refractivity contribution in [3.63, 3.8) is 0 Å². The van der Waals surface area contributed by atoms with E-state index in [-0.39, 0.29) is 23.7 Å². The molecule has 1 aliphatic rings. The number of hydrogen-bond donors (Lipinski definition) is 2. The quantitative estimate of drug-likeness (QED) is 0.789. The molecule has 0 saturated heterocycles. The smallest absolute Gasteiger partial charge is 0.224 e. The summed E-state index contributed by atoms with van der Waals surface area (Å²) in [5, 5.41) is 3.12. The maximum absolute atomic E-state index is 12.7. The van der Waals surface area contributed by atoms with Crippen molar-refractivity contribution in [1.82, 2.24) is 0 Å². The molecule has 25 heavy (non-hydrogen) atoms. The van der Waals surface area contributed by atoms with Crippen LogP contribution in [0, 0.1) is 5.41 Å². The molecule has 2 aromatic carbocycles. The monoisotopic (exact) mass is 358 g/mol. The Morgan fingerprint density at radius 2 is 1.60 bits per heavy atom. The highest BCUT2D eigenvalue weighted by Gasteiger charge is 2.33. The molecule has 0 aliphatic heterocycles. The van der Waals surface area contributed by atoms with Crippen molar-refractivity contribution < 1.29 is 4.79 Å². The summed E-state index contributed by atoms with van der Waals surface area (Å²) in [6.07, 6.45) is 6.29. The lowest BCUT2D eigenvalue weighted by Crippen LogP contribution is -2.36. The van der Waals surface area contributed by atoms with Crippen molar-refractivity contribution >= 4 is 24.0 Å². The Morgan fingerprint density at radius 1 is 0.960 bits per heavy atom. The zero-order chi connectivity index (χ0) is 16.8. The molecule has 0 unspecified atom stereocenters. The molecule has 1 aliphatic carbocycles. The van der Waals surface area contributed by atoms with Gasteiger partial charge in [0.2, 0.25) is 5.91 Å². The van der Waals surface area contributed by atoms with Crippen LogP contribution in [0.15, 0.2) is 54.6 Å². The third kappa shape index (κ3) is 4.83. The number of nitrogens with two attached hydrogens (primary N) is 1. The third-order valence-corrected chi connectivity index (χ3v) is 5.17. The summed E-state index contributed by atoms with van der Waals surface area (Å²) < 4.78 is 0. The second-order valence-electron chi connectivity index (χ2n) is 6.90. The average Bonchev–Trinajstić information content (AvgIpc) is 2.63. The number of carbonyl (C=O) groups is 1. The number of amides is 1. The summed E-state index contributed by atoms with van der Waals surface area (Å²) in [6, 6.07) is 18.1. The predicted octanol–water partition coefficient (Wildman–Crippen LogP) is 5.01. The molecular weight excluding hydrogens is 332 g/mol. The summed E-state index contributed by atoms with van der Waals surface area (Å²) in [6.45, 7) is 0.598. The van der Waals surface area contributed by atoms with Crippen LogP contribution in [-0.2, 0) is 4.79 Å². The van der Waals surface area contributed by atoms with Crippen LogP contribution < -0.4 is 11.1 Å². The lowest BCUT2D eigenvalue weighted by molar-refractivity contribution is -0.118. The number of halogens is 1. The Hall–Kier alpha value is -1.84. The maximum atomic E-state index is 12.7. The van der Waals surface area contributed by atoms with E-state index in [0.29, 0.717) is 13.0 Å². The number of carbonyl (C=O) groups excluding carboxylic acids is 1. The summed E-state index contributed by atoms with van der Waals surface area (Å²) in [7, 11) is 0. The van der Waals surface area contributed by atoms with Crippen molar-refractivity contribution in [1.29, 1.82) is 0 Å². The normalized spacial score (nSPS) is 15.9. The molecule has 1 saturated carbocycles. The Bertz CT molecular complexity index is 681. The molecule has 1 fully saturated rings. The first-order valence-corrected chi connectivity index (χ1v) is 8.87. The zero-order valence-corrected chi connectivity index (χ0v) is 15.4. The third-order valence-electron chi connectivity index (χ3n) is 5.17. The minimum absolute atomic E-state index is 0. The second kappa shape index (κ2) is 9.02. The molecule has 3 nitrogen and oxygen atoms in total. The van der Waals surface area contributed by atoms with Gasteiger partial charge in [0.15, 0.2) is 0 Å². The molecule has 3 rings (SSSR count). The molecule has 0 bridgehead atoms. The van der Waals surface area contributed by atoms with Gasteiger partial charge in [0, 0.05) is 17.7 Å². The number of nitrogens with one attached hydrogen (secondary N) is 1. The minimum Gasteiger partial charge on any atom is -0.330 e. The van der Waals surface area contributed by atoms with E-state index in [9.17, 15) is 4.79 Å². The van der Waals surface area contributed by atoms with E-state index in [1.165, 1.54) is 19.3 Å². The number of hydrogen-bond acceptors (Lipinski definition) is 2. The van der Waals surface area contributed by atoms with Crippen LogP contribution in [0.1, 0.15) is 38.5 Å². The molecule has 1 amide bonds. The van der Waals surface area contributed by atoms with Crippen molar-refractivity contribution in [3.8, 4) is 11.1 Å². The van der Waals surface area contributed by atoms with Crippen LogP contribution in [0.2, 0.25) is 0 Å². The standard InChI is InChI=1S/C21H26N2O.ClH/c22-16-21(13-7-2-8-14-21)15-20(24)23-19-12-6-5-11-18(19)17-9-3-1-4-10-17;/h1,3-6,9-12H,2,7-8,13-16,22H2,(H,23,24);1H. The first kappa shape index (κ1) is 19.5. The van der Waals surface area contributed by atoms with Gasteiger partial charge in [0.25, 0.3) is 0 Å². The largest absolute Gasteiger partial charge is 0.330 e. The van der Waals surface area contributed by atoms with Gasteiger partial charge in [-0.15, -0.1) is 12.4 Å². The first-order valence-electron chi connectivity index (χ1n) is 8.87. The highest BCUT2D eigenvalue weighted by atomic mass is 35.5. The fourth-order valence-electron chi connectivity index (χ4n) is 3.75. The van der Waals surface area contributed by atoms with Crippen LogP contribution in [0.4, 0.5) is 5.69 Å². The number of rotatable bonds is 5. The van der Waals surface area contributed by atoms with Crippen molar-refractivity contribution in [2.45, 2.75) is 38.5 Å². The Morgan fingerprint density at radius 3 is 2.28 bits per heavy atom. The van der Waals surface area contributed by atoms with Gasteiger partial charge in [-0.2, -0.15) is 0 Å². The van der Waals surface area contributed by atoms with Crippen LogP contribution in [-0.4, -0.2) is 12.5 Å². The molecule has 4 heteroatoms. The predicted molar refractivity (Wildman–Crippen MR) is 107 cm³/mol. The van der Waals surface area contributed by atoms with E-state index < -0.39 is 0 Å². The number of benzene rings is 2. The lowest BCUT2D eigenvalue weighted by atomic mass is 9.71. The van der Waals surface area contributed by atoms with Gasteiger partial charge < -0.3 is 11.1 Å². The average molecular weight is 359 g/mol. The van der Waals surface area contributed by atoms with Crippen LogP contribution in [0.5, 0.6) is 0 Å². The molecule has 0 aromatic heterocycles. The second-order valence-corrected chi connectivity index (χ2v) is 6.90. The van der Waals surface area contributed by atoms with E-state index in [1.807, 2.05) is 42.5 Å². The molecule has 0 spiro atoms. The Balaban J connectivity index is 0.00000225. The molecule has 2 aromatic rings. The fourth-order valence-corrected chi connectivity index (χ4v) is 3.75. The van der Waals surface area contributed by atoms with Crippen molar-refractivity contribution in [3.05, 3.63) is 54.6 Å². The Kier molecular flexibility index (Phi) is 7.03. The molecule has 0 atom stereocenters. The summed E-state index contributed by atoms with van der Waals surface area (Å²) in [4.78, 5) is 12.7. The van der Waals surface area contributed by atoms with E-state index in [1.54, 1.807) is 0 Å². The van der Waals surface area contributed by atoms with Gasteiger partial charge in [0.05, 0.1) is 0 Å².